The first-order chi connectivity index (χ1) is 7.75. The first-order valence-corrected chi connectivity index (χ1v) is 4.84. The van der Waals surface area contributed by atoms with Crippen LogP contribution in [0.5, 0.6) is 0 Å². The van der Waals surface area contributed by atoms with E-state index in [4.69, 9.17) is 5.73 Å². The Labute approximate surface area is 91.7 Å². The smallest absolute Gasteiger partial charge is 0.312 e. The monoisotopic (exact) mass is 220 g/mol. The molecule has 4 N–H and O–H groups in total. The third-order valence-electron chi connectivity index (χ3n) is 1.95. The van der Waals surface area contributed by atoms with E-state index in [0.717, 1.165) is 5.65 Å². The molecule has 0 bridgehead atoms. The highest BCUT2D eigenvalue weighted by Gasteiger charge is 2.00. The zero-order valence-corrected chi connectivity index (χ0v) is 8.55. The van der Waals surface area contributed by atoms with Gasteiger partial charge in [0.1, 0.15) is 0 Å². The van der Waals surface area contributed by atoms with Crippen molar-refractivity contribution in [3.05, 3.63) is 24.4 Å². The number of carbonyl (C=O) groups excluding carboxylic acids is 1. The summed E-state index contributed by atoms with van der Waals surface area (Å²) in [6.45, 7) is 0.963. The molecule has 0 aromatic carbocycles. The van der Waals surface area contributed by atoms with Crippen LogP contribution in [-0.4, -0.2) is 33.7 Å². The molecule has 0 spiro atoms. The standard InChI is InChI=1S/C9H12N6O/c10-8(16)11-4-5-12-9-13-7-3-1-2-6-15(7)14-9/h1-3,6H,4-5H2,(H,12,14)(H3,10,11,16). The van der Waals surface area contributed by atoms with Gasteiger partial charge in [-0.2, -0.15) is 4.98 Å². The van der Waals surface area contributed by atoms with Crippen LogP contribution in [0.25, 0.3) is 5.65 Å². The molecular weight excluding hydrogens is 208 g/mol. The Morgan fingerprint density at radius 1 is 1.44 bits per heavy atom. The second kappa shape index (κ2) is 4.47. The molecule has 16 heavy (non-hydrogen) atoms. The summed E-state index contributed by atoms with van der Waals surface area (Å²) in [6, 6.07) is 5.09. The molecular formula is C9H12N6O. The second-order valence-electron chi connectivity index (χ2n) is 3.16. The first kappa shape index (κ1) is 10.2. The maximum atomic E-state index is 10.4. The number of primary amides is 1. The average molecular weight is 220 g/mol. The number of carbonyl (C=O) groups is 1. The van der Waals surface area contributed by atoms with E-state index < -0.39 is 6.03 Å². The summed E-state index contributed by atoms with van der Waals surface area (Å²) >= 11 is 0. The van der Waals surface area contributed by atoms with Crippen molar-refractivity contribution in [2.45, 2.75) is 0 Å². The van der Waals surface area contributed by atoms with Crippen LogP contribution in [0.3, 0.4) is 0 Å². The van der Waals surface area contributed by atoms with E-state index in [-0.39, 0.29) is 0 Å². The Morgan fingerprint density at radius 2 is 2.31 bits per heavy atom. The Hall–Kier alpha value is -2.31. The summed E-state index contributed by atoms with van der Waals surface area (Å²) in [5, 5.41) is 9.62. The Balaban J connectivity index is 1.92. The van der Waals surface area contributed by atoms with Crippen molar-refractivity contribution in [1.82, 2.24) is 19.9 Å². The van der Waals surface area contributed by atoms with E-state index in [0.29, 0.717) is 19.0 Å². The quantitative estimate of drug-likeness (QED) is 0.622. The minimum atomic E-state index is -0.537. The van der Waals surface area contributed by atoms with Gasteiger partial charge in [-0.05, 0) is 12.1 Å². The normalized spacial score (nSPS) is 10.2. The predicted octanol–water partition coefficient (Wildman–Crippen LogP) is -0.191. The van der Waals surface area contributed by atoms with Gasteiger partial charge in [0.05, 0.1) is 0 Å². The number of pyridine rings is 1. The first-order valence-electron chi connectivity index (χ1n) is 4.84. The molecule has 2 aromatic heterocycles. The van der Waals surface area contributed by atoms with Crippen LogP contribution >= 0.6 is 0 Å². The molecule has 2 aromatic rings. The maximum absolute atomic E-state index is 10.4. The molecule has 2 rings (SSSR count). The maximum Gasteiger partial charge on any atom is 0.312 e. The van der Waals surface area contributed by atoms with Gasteiger partial charge in [-0.15, -0.1) is 5.10 Å². The number of nitrogens with one attached hydrogen (secondary N) is 2. The lowest BCUT2D eigenvalue weighted by Gasteiger charge is -2.01. The van der Waals surface area contributed by atoms with E-state index in [1.165, 1.54) is 0 Å². The fraction of sp³-hybridized carbons (Fsp3) is 0.222. The minimum absolute atomic E-state index is 0.435. The van der Waals surface area contributed by atoms with Crippen LogP contribution in [0.2, 0.25) is 0 Å². The number of urea groups is 1. The van der Waals surface area contributed by atoms with Crippen molar-refractivity contribution in [3.8, 4) is 0 Å². The molecule has 0 aliphatic heterocycles. The molecule has 0 fully saturated rings. The van der Waals surface area contributed by atoms with Crippen molar-refractivity contribution in [2.24, 2.45) is 5.73 Å². The number of amides is 2. The van der Waals surface area contributed by atoms with Crippen LogP contribution in [-0.2, 0) is 0 Å². The van der Waals surface area contributed by atoms with Gasteiger partial charge in [0.2, 0.25) is 5.95 Å². The highest BCUT2D eigenvalue weighted by atomic mass is 16.2. The van der Waals surface area contributed by atoms with Gasteiger partial charge in [0.15, 0.2) is 5.65 Å². The molecule has 0 saturated carbocycles. The minimum Gasteiger partial charge on any atom is -0.352 e. The van der Waals surface area contributed by atoms with E-state index in [1.54, 1.807) is 4.52 Å². The number of aromatic nitrogens is 3. The lowest BCUT2D eigenvalue weighted by Crippen LogP contribution is -2.33. The summed E-state index contributed by atoms with van der Waals surface area (Å²) < 4.78 is 1.67. The van der Waals surface area contributed by atoms with E-state index >= 15 is 0 Å². The number of hydrogen-bond acceptors (Lipinski definition) is 4. The fourth-order valence-electron chi connectivity index (χ4n) is 1.27. The Morgan fingerprint density at radius 3 is 3.06 bits per heavy atom. The van der Waals surface area contributed by atoms with Crippen LogP contribution < -0.4 is 16.4 Å². The molecule has 2 heterocycles. The largest absolute Gasteiger partial charge is 0.352 e. The number of nitrogens with two attached hydrogens (primary N) is 1. The lowest BCUT2D eigenvalue weighted by atomic mass is 10.5. The highest BCUT2D eigenvalue weighted by Crippen LogP contribution is 2.03. The van der Waals surface area contributed by atoms with Gasteiger partial charge >= 0.3 is 6.03 Å². The van der Waals surface area contributed by atoms with E-state index in [1.807, 2.05) is 24.4 Å². The van der Waals surface area contributed by atoms with E-state index in [9.17, 15) is 4.79 Å². The molecule has 0 saturated heterocycles. The molecule has 0 atom stereocenters. The summed E-state index contributed by atoms with van der Waals surface area (Å²) in [5.41, 5.74) is 5.69. The van der Waals surface area contributed by atoms with Crippen molar-refractivity contribution in [3.63, 3.8) is 0 Å². The Kier molecular flexibility index (Phi) is 2.86. The van der Waals surface area contributed by atoms with Gasteiger partial charge < -0.3 is 16.4 Å². The van der Waals surface area contributed by atoms with Gasteiger partial charge in [-0.1, -0.05) is 6.07 Å². The summed E-state index contributed by atoms with van der Waals surface area (Å²) in [6.07, 6.45) is 1.81. The number of fused-ring (bicyclic) bond motifs is 1. The summed E-state index contributed by atoms with van der Waals surface area (Å²) in [4.78, 5) is 14.6. The SMILES string of the molecule is NC(=O)NCCNc1nc2ccccn2n1. The topological polar surface area (TPSA) is 97.3 Å². The molecule has 7 heteroatoms. The van der Waals surface area contributed by atoms with Crippen molar-refractivity contribution in [2.75, 3.05) is 18.4 Å². The van der Waals surface area contributed by atoms with Gasteiger partial charge in [-0.25, -0.2) is 9.31 Å². The summed E-state index contributed by atoms with van der Waals surface area (Å²) in [7, 11) is 0. The van der Waals surface area contributed by atoms with Crippen LogP contribution in [0, 0.1) is 0 Å². The molecule has 0 aliphatic rings. The van der Waals surface area contributed by atoms with Crippen molar-refractivity contribution in [1.29, 1.82) is 0 Å². The number of hydrogen-bond donors (Lipinski definition) is 3. The van der Waals surface area contributed by atoms with Gasteiger partial charge in [0.25, 0.3) is 0 Å². The van der Waals surface area contributed by atoms with E-state index in [2.05, 4.69) is 20.7 Å². The molecule has 0 radical (unpaired) electrons. The molecule has 84 valence electrons. The van der Waals surface area contributed by atoms with Crippen molar-refractivity contribution < 1.29 is 4.79 Å². The third-order valence-corrected chi connectivity index (χ3v) is 1.95. The fourth-order valence-corrected chi connectivity index (χ4v) is 1.27. The summed E-state index contributed by atoms with van der Waals surface area (Å²) in [5.74, 6) is 0.525. The average Bonchev–Trinajstić information content (AvgIpc) is 2.66. The zero-order valence-electron chi connectivity index (χ0n) is 8.55. The number of anilines is 1. The number of nitrogens with zero attached hydrogens (tertiary/aromatic N) is 3. The molecule has 2 amide bonds. The second-order valence-corrected chi connectivity index (χ2v) is 3.16. The molecule has 0 aliphatic carbocycles. The third kappa shape index (κ3) is 2.38. The Bertz CT molecular complexity index is 460. The lowest BCUT2D eigenvalue weighted by molar-refractivity contribution is 0.249. The van der Waals surface area contributed by atoms with Crippen LogP contribution in [0.4, 0.5) is 10.7 Å². The zero-order chi connectivity index (χ0) is 11.4. The van der Waals surface area contributed by atoms with Gasteiger partial charge in [0, 0.05) is 19.3 Å². The van der Waals surface area contributed by atoms with Crippen LogP contribution in [0.15, 0.2) is 24.4 Å². The molecule has 0 unspecified atom stereocenters. The predicted molar refractivity (Wildman–Crippen MR) is 59.1 cm³/mol. The van der Waals surface area contributed by atoms with Gasteiger partial charge in [-0.3, -0.25) is 0 Å². The van der Waals surface area contributed by atoms with Crippen LogP contribution in [0.1, 0.15) is 0 Å². The van der Waals surface area contributed by atoms with Crippen molar-refractivity contribution >= 4 is 17.6 Å². The number of rotatable bonds is 4. The molecule has 7 nitrogen and oxygen atoms in total. The highest BCUT2D eigenvalue weighted by molar-refractivity contribution is 5.71.